The van der Waals surface area contributed by atoms with Gasteiger partial charge in [0.15, 0.2) is 0 Å². The van der Waals surface area contributed by atoms with Crippen LogP contribution in [0.3, 0.4) is 0 Å². The van der Waals surface area contributed by atoms with Gasteiger partial charge in [0.25, 0.3) is 5.91 Å². The van der Waals surface area contributed by atoms with Gasteiger partial charge < -0.3 is 10.4 Å². The molecule has 1 amide bonds. The lowest BCUT2D eigenvalue weighted by molar-refractivity contribution is 0.0853. The molecule has 0 saturated heterocycles. The van der Waals surface area contributed by atoms with Gasteiger partial charge in [-0.15, -0.1) is 0 Å². The average Bonchev–Trinajstić information content (AvgIpc) is 2.95. The Bertz CT molecular complexity index is 621. The molecular weight excluding hydrogens is 242 g/mol. The third-order valence-electron chi connectivity index (χ3n) is 3.43. The van der Waals surface area contributed by atoms with Crippen molar-refractivity contribution in [1.29, 1.82) is 0 Å². The second-order valence-corrected chi connectivity index (χ2v) is 4.86. The zero-order valence-electron chi connectivity index (χ0n) is 10.6. The van der Waals surface area contributed by atoms with Crippen LogP contribution in [0.5, 0.6) is 0 Å². The first-order chi connectivity index (χ1) is 9.15. The van der Waals surface area contributed by atoms with Gasteiger partial charge in [0.2, 0.25) is 0 Å². The second kappa shape index (κ2) is 4.51. The molecule has 1 aliphatic rings. The lowest BCUT2D eigenvalue weighted by Crippen LogP contribution is -2.34. The van der Waals surface area contributed by atoms with Crippen molar-refractivity contribution in [2.45, 2.75) is 25.5 Å². The Morgan fingerprint density at radius 3 is 3.00 bits per heavy atom. The molecule has 2 atom stereocenters. The highest BCUT2D eigenvalue weighted by molar-refractivity contribution is 5.92. The van der Waals surface area contributed by atoms with Gasteiger partial charge >= 0.3 is 0 Å². The number of hydrogen-bond donors (Lipinski definition) is 3. The standard InChI is InChI=1S/C14H15N3O2/c1-8-6-11(17-16-8)14(19)15-13-10-5-3-2-4-9(10)7-12(13)18/h2-6,12-13,18H,7H2,1H3,(H,15,19)(H,16,17). The number of nitrogens with one attached hydrogen (secondary N) is 2. The molecule has 98 valence electrons. The fourth-order valence-corrected chi connectivity index (χ4v) is 2.50. The normalized spacial score (nSPS) is 21.2. The van der Waals surface area contributed by atoms with Gasteiger partial charge in [-0.1, -0.05) is 24.3 Å². The van der Waals surface area contributed by atoms with Gasteiger partial charge in [-0.25, -0.2) is 0 Å². The zero-order valence-corrected chi connectivity index (χ0v) is 10.6. The molecule has 0 bridgehead atoms. The minimum atomic E-state index is -0.582. The molecule has 3 N–H and O–H groups in total. The molecule has 0 aliphatic heterocycles. The van der Waals surface area contributed by atoms with Crippen molar-refractivity contribution in [3.8, 4) is 0 Å². The predicted octanol–water partition coefficient (Wildman–Crippen LogP) is 1.11. The molecule has 5 heteroatoms. The number of aromatic amines is 1. The van der Waals surface area contributed by atoms with E-state index in [0.29, 0.717) is 12.1 Å². The number of hydrogen-bond acceptors (Lipinski definition) is 3. The van der Waals surface area contributed by atoms with Crippen LogP contribution < -0.4 is 5.32 Å². The Kier molecular flexibility index (Phi) is 2.83. The number of aryl methyl sites for hydroxylation is 1. The summed E-state index contributed by atoms with van der Waals surface area (Å²) >= 11 is 0. The van der Waals surface area contributed by atoms with E-state index in [-0.39, 0.29) is 11.9 Å². The van der Waals surface area contributed by atoms with E-state index in [0.717, 1.165) is 16.8 Å². The number of amides is 1. The van der Waals surface area contributed by atoms with Gasteiger partial charge in [0.05, 0.1) is 12.1 Å². The number of nitrogens with zero attached hydrogens (tertiary/aromatic N) is 1. The van der Waals surface area contributed by atoms with Gasteiger partial charge in [-0.3, -0.25) is 9.89 Å². The van der Waals surface area contributed by atoms with E-state index in [9.17, 15) is 9.90 Å². The maximum absolute atomic E-state index is 12.1. The highest BCUT2D eigenvalue weighted by Crippen LogP contribution is 2.31. The zero-order chi connectivity index (χ0) is 13.4. The molecule has 2 unspecified atom stereocenters. The Balaban J connectivity index is 1.82. The van der Waals surface area contributed by atoms with Gasteiger partial charge in [-0.05, 0) is 24.1 Å². The van der Waals surface area contributed by atoms with E-state index < -0.39 is 6.10 Å². The first kappa shape index (κ1) is 11.9. The fourth-order valence-electron chi connectivity index (χ4n) is 2.50. The predicted molar refractivity (Wildman–Crippen MR) is 69.7 cm³/mol. The Morgan fingerprint density at radius 2 is 2.26 bits per heavy atom. The van der Waals surface area contributed by atoms with Crippen LogP contribution in [-0.2, 0) is 6.42 Å². The number of aromatic nitrogens is 2. The summed E-state index contributed by atoms with van der Waals surface area (Å²) < 4.78 is 0. The first-order valence-electron chi connectivity index (χ1n) is 6.24. The molecule has 0 fully saturated rings. The van der Waals surface area contributed by atoms with Crippen molar-refractivity contribution in [3.05, 3.63) is 52.8 Å². The van der Waals surface area contributed by atoms with E-state index in [1.807, 2.05) is 31.2 Å². The summed E-state index contributed by atoms with van der Waals surface area (Å²) in [5.74, 6) is -0.273. The summed E-state index contributed by atoms with van der Waals surface area (Å²) in [5, 5.41) is 19.6. The highest BCUT2D eigenvalue weighted by atomic mass is 16.3. The molecule has 1 aliphatic carbocycles. The van der Waals surface area contributed by atoms with Crippen molar-refractivity contribution >= 4 is 5.91 Å². The SMILES string of the molecule is Cc1cc(C(=O)NC2c3ccccc3CC2O)n[nH]1. The molecule has 1 aromatic heterocycles. The van der Waals surface area contributed by atoms with Crippen LogP contribution in [0.2, 0.25) is 0 Å². The van der Waals surface area contributed by atoms with Gasteiger partial charge in [0.1, 0.15) is 5.69 Å². The van der Waals surface area contributed by atoms with Crippen LogP contribution in [0.1, 0.15) is 33.4 Å². The summed E-state index contributed by atoms with van der Waals surface area (Å²) in [4.78, 5) is 12.1. The molecule has 1 aromatic carbocycles. The monoisotopic (exact) mass is 257 g/mol. The third-order valence-corrected chi connectivity index (χ3v) is 3.43. The highest BCUT2D eigenvalue weighted by Gasteiger charge is 2.32. The summed E-state index contributed by atoms with van der Waals surface area (Å²) in [6.07, 6.45) is -0.0119. The number of rotatable bonds is 2. The summed E-state index contributed by atoms with van der Waals surface area (Å²) in [5.41, 5.74) is 3.24. The second-order valence-electron chi connectivity index (χ2n) is 4.86. The number of aliphatic hydroxyl groups is 1. The van der Waals surface area contributed by atoms with Crippen LogP contribution in [0.25, 0.3) is 0 Å². The van der Waals surface area contributed by atoms with Crippen LogP contribution in [0, 0.1) is 6.92 Å². The van der Waals surface area contributed by atoms with E-state index in [4.69, 9.17) is 0 Å². The summed E-state index contributed by atoms with van der Waals surface area (Å²) in [6, 6.07) is 9.08. The smallest absolute Gasteiger partial charge is 0.272 e. The first-order valence-corrected chi connectivity index (χ1v) is 6.24. The number of carbonyl (C=O) groups is 1. The maximum Gasteiger partial charge on any atom is 0.272 e. The Labute approximate surface area is 110 Å². The molecule has 3 rings (SSSR count). The minimum absolute atomic E-state index is 0.273. The molecule has 19 heavy (non-hydrogen) atoms. The number of H-pyrrole nitrogens is 1. The van der Waals surface area contributed by atoms with Gasteiger partial charge in [0, 0.05) is 12.1 Å². The third kappa shape index (κ3) is 2.13. The molecule has 0 radical (unpaired) electrons. The van der Waals surface area contributed by atoms with E-state index >= 15 is 0 Å². The van der Waals surface area contributed by atoms with Crippen molar-refractivity contribution in [1.82, 2.24) is 15.5 Å². The van der Waals surface area contributed by atoms with E-state index in [2.05, 4.69) is 15.5 Å². The molecule has 0 saturated carbocycles. The average molecular weight is 257 g/mol. The lowest BCUT2D eigenvalue weighted by atomic mass is 10.1. The molecular formula is C14H15N3O2. The van der Waals surface area contributed by atoms with Crippen molar-refractivity contribution in [3.63, 3.8) is 0 Å². The molecule has 0 spiro atoms. The number of carbonyl (C=O) groups excluding carboxylic acids is 1. The van der Waals surface area contributed by atoms with E-state index in [1.165, 1.54) is 0 Å². The topological polar surface area (TPSA) is 78.0 Å². The Hall–Kier alpha value is -2.14. The van der Waals surface area contributed by atoms with Crippen molar-refractivity contribution in [2.75, 3.05) is 0 Å². The van der Waals surface area contributed by atoms with Crippen LogP contribution in [0.15, 0.2) is 30.3 Å². The largest absolute Gasteiger partial charge is 0.390 e. The van der Waals surface area contributed by atoms with Crippen LogP contribution in [-0.4, -0.2) is 27.3 Å². The maximum atomic E-state index is 12.1. The van der Waals surface area contributed by atoms with E-state index in [1.54, 1.807) is 6.07 Å². The quantitative estimate of drug-likeness (QED) is 0.754. The molecule has 1 heterocycles. The Morgan fingerprint density at radius 1 is 1.47 bits per heavy atom. The minimum Gasteiger partial charge on any atom is -0.390 e. The molecule has 2 aromatic rings. The summed E-state index contributed by atoms with van der Waals surface area (Å²) in [7, 11) is 0. The molecule has 5 nitrogen and oxygen atoms in total. The van der Waals surface area contributed by atoms with Gasteiger partial charge in [-0.2, -0.15) is 5.10 Å². The number of benzene rings is 1. The van der Waals surface area contributed by atoms with Crippen molar-refractivity contribution < 1.29 is 9.90 Å². The fraction of sp³-hybridized carbons (Fsp3) is 0.286. The lowest BCUT2D eigenvalue weighted by Gasteiger charge is -2.17. The number of fused-ring (bicyclic) bond motifs is 1. The summed E-state index contributed by atoms with van der Waals surface area (Å²) in [6.45, 7) is 1.84. The number of aliphatic hydroxyl groups excluding tert-OH is 1. The van der Waals surface area contributed by atoms with Crippen LogP contribution >= 0.6 is 0 Å². The van der Waals surface area contributed by atoms with Crippen molar-refractivity contribution in [2.24, 2.45) is 0 Å². The van der Waals surface area contributed by atoms with Crippen LogP contribution in [0.4, 0.5) is 0 Å².